The zero-order chi connectivity index (χ0) is 21.1. The molecule has 0 aliphatic carbocycles. The fraction of sp³-hybridized carbons (Fsp3) is 0.227. The van der Waals surface area contributed by atoms with Crippen LogP contribution in [-0.4, -0.2) is 27.3 Å². The van der Waals surface area contributed by atoms with Gasteiger partial charge in [-0.25, -0.2) is 4.98 Å². The normalized spacial score (nSPS) is 11.0. The van der Waals surface area contributed by atoms with Gasteiger partial charge in [-0.05, 0) is 49.7 Å². The van der Waals surface area contributed by atoms with E-state index in [-0.39, 0.29) is 5.91 Å². The molecule has 0 saturated carbocycles. The number of anilines is 1. The summed E-state index contributed by atoms with van der Waals surface area (Å²) in [5, 5.41) is 8.66. The lowest BCUT2D eigenvalue weighted by Crippen LogP contribution is -2.15. The van der Waals surface area contributed by atoms with Crippen molar-refractivity contribution < 1.29 is 9.53 Å². The van der Waals surface area contributed by atoms with Gasteiger partial charge in [0.05, 0.1) is 22.0 Å². The molecule has 2 heterocycles. The van der Waals surface area contributed by atoms with Crippen LogP contribution in [0.15, 0.2) is 48.5 Å². The van der Waals surface area contributed by atoms with Gasteiger partial charge in [0.25, 0.3) is 5.91 Å². The molecular weight excluding hydrogens is 420 g/mol. The molecule has 4 aromatic rings. The quantitative estimate of drug-likeness (QED) is 0.364. The summed E-state index contributed by atoms with van der Waals surface area (Å²) in [5.41, 5.74) is 2.04. The van der Waals surface area contributed by atoms with Crippen molar-refractivity contribution in [2.75, 3.05) is 11.9 Å². The van der Waals surface area contributed by atoms with Crippen LogP contribution in [0.3, 0.4) is 0 Å². The Morgan fingerprint density at radius 2 is 2.03 bits per heavy atom. The molecule has 0 radical (unpaired) electrons. The summed E-state index contributed by atoms with van der Waals surface area (Å²) in [5.74, 6) is 1.08. The fourth-order valence-electron chi connectivity index (χ4n) is 2.95. The van der Waals surface area contributed by atoms with Gasteiger partial charge in [-0.15, -0.1) is 0 Å². The number of halogens is 1. The van der Waals surface area contributed by atoms with E-state index in [1.54, 1.807) is 22.9 Å². The van der Waals surface area contributed by atoms with Crippen molar-refractivity contribution in [3.05, 3.63) is 64.8 Å². The number of aryl methyl sites for hydroxylation is 1. The van der Waals surface area contributed by atoms with E-state index >= 15 is 0 Å². The summed E-state index contributed by atoms with van der Waals surface area (Å²) in [6.45, 7) is 4.66. The van der Waals surface area contributed by atoms with Crippen LogP contribution in [0.1, 0.15) is 35.8 Å². The van der Waals surface area contributed by atoms with Gasteiger partial charge in [-0.3, -0.25) is 4.79 Å². The molecule has 1 amide bonds. The van der Waals surface area contributed by atoms with Gasteiger partial charge in [0.2, 0.25) is 5.13 Å². The van der Waals surface area contributed by atoms with E-state index in [2.05, 4.69) is 22.3 Å². The van der Waals surface area contributed by atoms with Gasteiger partial charge in [-0.1, -0.05) is 42.3 Å². The summed E-state index contributed by atoms with van der Waals surface area (Å²) in [7, 11) is 0. The molecule has 30 heavy (non-hydrogen) atoms. The number of carbonyl (C=O) groups is 1. The smallest absolute Gasteiger partial charge is 0.256 e. The second-order valence-corrected chi connectivity index (χ2v) is 8.26. The van der Waals surface area contributed by atoms with Crippen LogP contribution < -0.4 is 10.1 Å². The first-order chi connectivity index (χ1) is 14.5. The van der Waals surface area contributed by atoms with Crippen LogP contribution in [0.2, 0.25) is 5.02 Å². The molecule has 0 unspecified atom stereocenters. The Balaban J connectivity index is 1.55. The molecule has 1 N–H and O–H groups in total. The van der Waals surface area contributed by atoms with Gasteiger partial charge in [0, 0.05) is 11.6 Å². The maximum absolute atomic E-state index is 12.8. The summed E-state index contributed by atoms with van der Waals surface area (Å²) in [6, 6.07) is 14.6. The first-order valence-corrected chi connectivity index (χ1v) is 10.9. The predicted octanol–water partition coefficient (Wildman–Crippen LogP) is 5.88. The fourth-order valence-corrected chi connectivity index (χ4v) is 4.18. The maximum Gasteiger partial charge on any atom is 0.256 e. The van der Waals surface area contributed by atoms with Gasteiger partial charge >= 0.3 is 0 Å². The number of fused-ring (bicyclic) bond motifs is 1. The van der Waals surface area contributed by atoms with Crippen LogP contribution in [-0.2, 0) is 0 Å². The predicted molar refractivity (Wildman–Crippen MR) is 121 cm³/mol. The largest absolute Gasteiger partial charge is 0.494 e. The Morgan fingerprint density at radius 1 is 1.23 bits per heavy atom. The minimum Gasteiger partial charge on any atom is -0.494 e. The van der Waals surface area contributed by atoms with Crippen molar-refractivity contribution in [3.63, 3.8) is 0 Å². The Bertz CT molecular complexity index is 1180. The molecule has 8 heteroatoms. The lowest BCUT2D eigenvalue weighted by Gasteiger charge is -2.08. The van der Waals surface area contributed by atoms with Crippen LogP contribution in [0.5, 0.6) is 5.75 Å². The van der Waals surface area contributed by atoms with Crippen LogP contribution in [0.4, 0.5) is 5.82 Å². The Kier molecular flexibility index (Phi) is 6.01. The van der Waals surface area contributed by atoms with E-state index in [1.165, 1.54) is 11.3 Å². The third-order valence-corrected chi connectivity index (χ3v) is 5.80. The number of carbonyl (C=O) groups excluding carboxylic acids is 1. The number of benzene rings is 2. The number of unbranched alkanes of at least 4 members (excludes halogenated alkanes) is 1. The van der Waals surface area contributed by atoms with Gasteiger partial charge < -0.3 is 10.1 Å². The highest BCUT2D eigenvalue weighted by Crippen LogP contribution is 2.31. The summed E-state index contributed by atoms with van der Waals surface area (Å²) < 4.78 is 8.25. The molecule has 6 nitrogen and oxygen atoms in total. The highest BCUT2D eigenvalue weighted by atomic mass is 35.5. The number of amides is 1. The topological polar surface area (TPSA) is 69.0 Å². The molecular formula is C22H21ClN4O2S. The molecule has 0 atom stereocenters. The molecule has 0 aliphatic rings. The standard InChI is InChI=1S/C22H21ClN4O2S/c1-3-4-12-29-16-10-8-15(9-11-16)21(28)24-19-13-14(2)26-27(19)22-25-20-17(23)6-5-7-18(20)30-22/h5-11,13H,3-4,12H2,1-2H3,(H,24,28). The minimum absolute atomic E-state index is 0.226. The molecule has 0 spiro atoms. The Labute approximate surface area is 183 Å². The average molecular weight is 441 g/mol. The Morgan fingerprint density at radius 3 is 2.77 bits per heavy atom. The molecule has 0 aliphatic heterocycles. The van der Waals surface area contributed by atoms with E-state index in [9.17, 15) is 4.79 Å². The SMILES string of the molecule is CCCCOc1ccc(C(=O)Nc2cc(C)nn2-c2nc3c(Cl)cccc3s2)cc1. The van der Waals surface area contributed by atoms with Crippen molar-refractivity contribution >= 4 is 44.9 Å². The highest BCUT2D eigenvalue weighted by molar-refractivity contribution is 7.20. The maximum atomic E-state index is 12.8. The van der Waals surface area contributed by atoms with Crippen LogP contribution >= 0.6 is 22.9 Å². The van der Waals surface area contributed by atoms with Crippen molar-refractivity contribution in [1.82, 2.24) is 14.8 Å². The average Bonchev–Trinajstić information content (AvgIpc) is 3.33. The number of hydrogen-bond donors (Lipinski definition) is 1. The number of rotatable bonds is 7. The molecule has 154 valence electrons. The van der Waals surface area contributed by atoms with Crippen molar-refractivity contribution in [1.29, 1.82) is 0 Å². The third kappa shape index (κ3) is 4.32. The zero-order valence-corrected chi connectivity index (χ0v) is 18.3. The Hall–Kier alpha value is -2.90. The number of nitrogens with one attached hydrogen (secondary N) is 1. The zero-order valence-electron chi connectivity index (χ0n) is 16.7. The number of aromatic nitrogens is 3. The highest BCUT2D eigenvalue weighted by Gasteiger charge is 2.16. The van der Waals surface area contributed by atoms with E-state index in [1.807, 2.05) is 37.3 Å². The second-order valence-electron chi connectivity index (χ2n) is 6.85. The van der Waals surface area contributed by atoms with E-state index < -0.39 is 0 Å². The number of para-hydroxylation sites is 1. The summed E-state index contributed by atoms with van der Waals surface area (Å²) in [4.78, 5) is 17.4. The lowest BCUT2D eigenvalue weighted by atomic mass is 10.2. The summed E-state index contributed by atoms with van der Waals surface area (Å²) >= 11 is 7.72. The van der Waals surface area contributed by atoms with Gasteiger partial charge in [0.15, 0.2) is 0 Å². The van der Waals surface area contributed by atoms with Crippen LogP contribution in [0, 0.1) is 6.92 Å². The van der Waals surface area contributed by atoms with E-state index in [0.29, 0.717) is 28.1 Å². The lowest BCUT2D eigenvalue weighted by molar-refractivity contribution is 0.102. The van der Waals surface area contributed by atoms with Crippen LogP contribution in [0.25, 0.3) is 15.3 Å². The third-order valence-electron chi connectivity index (χ3n) is 4.50. The number of nitrogens with zero attached hydrogens (tertiary/aromatic N) is 3. The minimum atomic E-state index is -0.226. The molecule has 2 aromatic heterocycles. The van der Waals surface area contributed by atoms with Gasteiger partial charge in [0.1, 0.15) is 17.1 Å². The molecule has 0 saturated heterocycles. The van der Waals surface area contributed by atoms with E-state index in [0.717, 1.165) is 34.5 Å². The molecule has 0 fully saturated rings. The number of thiazole rings is 1. The molecule has 2 aromatic carbocycles. The number of hydrogen-bond acceptors (Lipinski definition) is 5. The number of ether oxygens (including phenoxy) is 1. The molecule has 0 bridgehead atoms. The molecule has 4 rings (SSSR count). The summed E-state index contributed by atoms with van der Waals surface area (Å²) in [6.07, 6.45) is 2.08. The van der Waals surface area contributed by atoms with Crippen molar-refractivity contribution in [2.24, 2.45) is 0 Å². The van der Waals surface area contributed by atoms with Gasteiger partial charge in [-0.2, -0.15) is 9.78 Å². The van der Waals surface area contributed by atoms with Crippen molar-refractivity contribution in [3.8, 4) is 10.9 Å². The first kappa shape index (κ1) is 20.4. The second kappa shape index (κ2) is 8.85. The van der Waals surface area contributed by atoms with E-state index in [4.69, 9.17) is 16.3 Å². The first-order valence-electron chi connectivity index (χ1n) is 9.71. The monoisotopic (exact) mass is 440 g/mol. The van der Waals surface area contributed by atoms with Crippen molar-refractivity contribution in [2.45, 2.75) is 26.7 Å².